The Labute approximate surface area is 162 Å². The van der Waals surface area contributed by atoms with Crippen LogP contribution >= 0.6 is 0 Å². The summed E-state index contributed by atoms with van der Waals surface area (Å²) in [7, 11) is 0. The lowest BCUT2D eigenvalue weighted by Gasteiger charge is -2.39. The highest BCUT2D eigenvalue weighted by molar-refractivity contribution is 5.13. The molecular weight excluding hydrogens is 314 g/mol. The van der Waals surface area contributed by atoms with Crippen molar-refractivity contribution in [3.05, 3.63) is 72.4 Å². The summed E-state index contributed by atoms with van der Waals surface area (Å²) in [6, 6.07) is 11.1. The van der Waals surface area contributed by atoms with Crippen LogP contribution in [0.4, 0.5) is 0 Å². The van der Waals surface area contributed by atoms with Gasteiger partial charge in [-0.05, 0) is 40.0 Å². The lowest BCUT2D eigenvalue weighted by molar-refractivity contribution is -0.941. The Kier molecular flexibility index (Phi) is 12.6. The molecule has 1 aromatic rings. The molecule has 26 heavy (non-hydrogen) atoms. The van der Waals surface area contributed by atoms with Crippen molar-refractivity contribution in [3.63, 3.8) is 0 Å². The molecule has 0 aromatic heterocycles. The third kappa shape index (κ3) is 9.77. The summed E-state index contributed by atoms with van der Waals surface area (Å²) in [4.78, 5) is 0. The summed E-state index contributed by atoms with van der Waals surface area (Å²) >= 11 is 0. The van der Waals surface area contributed by atoms with Crippen LogP contribution in [0.2, 0.25) is 0 Å². The minimum absolute atomic E-state index is 1.17. The molecule has 0 spiro atoms. The summed E-state index contributed by atoms with van der Waals surface area (Å²) in [6.07, 6.45) is 21.0. The van der Waals surface area contributed by atoms with Gasteiger partial charge in [0.15, 0.2) is 0 Å². The molecule has 1 heteroatoms. The third-order valence-electron chi connectivity index (χ3n) is 5.08. The normalized spacial score (nSPS) is 12.7. The molecule has 0 amide bonds. The quantitative estimate of drug-likeness (QED) is 0.190. The molecule has 0 atom stereocenters. The first-order chi connectivity index (χ1) is 12.8. The highest BCUT2D eigenvalue weighted by atomic mass is 15.3. The molecule has 0 aliphatic rings. The van der Waals surface area contributed by atoms with Crippen molar-refractivity contribution in [1.82, 2.24) is 0 Å². The van der Waals surface area contributed by atoms with E-state index >= 15 is 0 Å². The average molecular weight is 355 g/mol. The molecule has 1 nitrogen and oxygen atoms in total. The number of unbranched alkanes of at least 4 members (excludes halogenated alkanes) is 3. The van der Waals surface area contributed by atoms with Crippen LogP contribution in [-0.2, 0) is 6.54 Å². The Hall–Kier alpha value is -1.60. The minimum atomic E-state index is 1.17. The van der Waals surface area contributed by atoms with E-state index in [1.54, 1.807) is 0 Å². The Morgan fingerprint density at radius 1 is 0.654 bits per heavy atom. The van der Waals surface area contributed by atoms with Crippen molar-refractivity contribution in [3.8, 4) is 0 Å². The molecule has 144 valence electrons. The monoisotopic (exact) mass is 354 g/mol. The number of allylic oxidation sites excluding steroid dienone is 6. The smallest absolute Gasteiger partial charge is 0.104 e. The fourth-order valence-electron chi connectivity index (χ4n) is 3.68. The molecule has 0 aliphatic carbocycles. The van der Waals surface area contributed by atoms with Crippen molar-refractivity contribution in [2.45, 2.75) is 65.8 Å². The lowest BCUT2D eigenvalue weighted by atomic mass is 10.1. The zero-order valence-electron chi connectivity index (χ0n) is 17.4. The topological polar surface area (TPSA) is 0 Å². The molecule has 0 bridgehead atoms. The maximum atomic E-state index is 2.32. The van der Waals surface area contributed by atoms with Crippen LogP contribution in [-0.4, -0.2) is 24.1 Å². The predicted molar refractivity (Wildman–Crippen MR) is 117 cm³/mol. The molecule has 0 saturated heterocycles. The summed E-state index contributed by atoms with van der Waals surface area (Å²) in [5.41, 5.74) is 1.48. The van der Waals surface area contributed by atoms with E-state index in [-0.39, 0.29) is 0 Å². The first-order valence-corrected chi connectivity index (χ1v) is 10.5. The zero-order chi connectivity index (χ0) is 18.9. The van der Waals surface area contributed by atoms with Crippen LogP contribution in [0.15, 0.2) is 66.8 Å². The van der Waals surface area contributed by atoms with Crippen molar-refractivity contribution >= 4 is 0 Å². The van der Waals surface area contributed by atoms with E-state index in [0.29, 0.717) is 0 Å². The molecule has 1 rings (SSSR count). The standard InChI is InChI=1S/C25H40N/c1-4-7-10-16-21-26(22-17-11-8-5-2,23-18-12-9-6-3)24-25-19-14-13-15-20-25/h4-9,13-15,19-20H,10-12,16-18,21-24H2,1-3H3/q+1/b7-4+,8-5+,9-6+. The molecule has 0 fully saturated rings. The minimum Gasteiger partial charge on any atom is -0.320 e. The summed E-state index contributed by atoms with van der Waals surface area (Å²) < 4.78 is 1.23. The van der Waals surface area contributed by atoms with Gasteiger partial charge in [0.05, 0.1) is 19.6 Å². The Morgan fingerprint density at radius 3 is 1.46 bits per heavy atom. The van der Waals surface area contributed by atoms with Gasteiger partial charge in [0.1, 0.15) is 6.54 Å². The van der Waals surface area contributed by atoms with Gasteiger partial charge in [0.2, 0.25) is 0 Å². The van der Waals surface area contributed by atoms with Crippen molar-refractivity contribution in [1.29, 1.82) is 0 Å². The van der Waals surface area contributed by atoms with Crippen LogP contribution in [0.1, 0.15) is 64.9 Å². The molecule has 0 N–H and O–H groups in total. The molecule has 0 saturated carbocycles. The van der Waals surface area contributed by atoms with Gasteiger partial charge in [-0.3, -0.25) is 0 Å². The van der Waals surface area contributed by atoms with E-state index in [0.717, 1.165) is 0 Å². The molecule has 0 radical (unpaired) electrons. The SMILES string of the molecule is C/C=C/CCC[N+](CCC/C=C/C)(CCC/C=C/C)Cc1ccccc1. The highest BCUT2D eigenvalue weighted by Gasteiger charge is 2.26. The maximum absolute atomic E-state index is 2.32. The molecule has 0 aliphatic heterocycles. The van der Waals surface area contributed by atoms with Crippen LogP contribution < -0.4 is 0 Å². The molecule has 0 heterocycles. The van der Waals surface area contributed by atoms with E-state index in [9.17, 15) is 0 Å². The molecule has 0 unspecified atom stereocenters. The second kappa shape index (κ2) is 14.6. The third-order valence-corrected chi connectivity index (χ3v) is 5.08. The van der Waals surface area contributed by atoms with Gasteiger partial charge in [0, 0.05) is 24.8 Å². The first-order valence-electron chi connectivity index (χ1n) is 10.5. The van der Waals surface area contributed by atoms with Gasteiger partial charge >= 0.3 is 0 Å². The van der Waals surface area contributed by atoms with Crippen molar-refractivity contribution < 1.29 is 4.48 Å². The van der Waals surface area contributed by atoms with E-state index in [1.165, 1.54) is 74.8 Å². The van der Waals surface area contributed by atoms with E-state index in [2.05, 4.69) is 87.6 Å². The van der Waals surface area contributed by atoms with Gasteiger partial charge in [-0.15, -0.1) is 0 Å². The van der Waals surface area contributed by atoms with Crippen LogP contribution in [0.5, 0.6) is 0 Å². The number of hydrogen-bond donors (Lipinski definition) is 0. The Balaban J connectivity index is 2.86. The summed E-state index contributed by atoms with van der Waals surface area (Å²) in [6.45, 7) is 11.4. The van der Waals surface area contributed by atoms with Gasteiger partial charge in [0.25, 0.3) is 0 Å². The number of nitrogens with zero attached hydrogens (tertiary/aromatic N) is 1. The maximum Gasteiger partial charge on any atom is 0.104 e. The van der Waals surface area contributed by atoms with E-state index in [4.69, 9.17) is 0 Å². The van der Waals surface area contributed by atoms with Gasteiger partial charge < -0.3 is 4.48 Å². The molecule has 1 aromatic carbocycles. The number of hydrogen-bond acceptors (Lipinski definition) is 0. The number of quaternary nitrogens is 1. The van der Waals surface area contributed by atoms with Crippen molar-refractivity contribution in [2.75, 3.05) is 19.6 Å². The second-order valence-electron chi connectivity index (χ2n) is 7.29. The average Bonchev–Trinajstić information content (AvgIpc) is 2.67. The number of benzene rings is 1. The first kappa shape index (κ1) is 22.4. The van der Waals surface area contributed by atoms with Gasteiger partial charge in [-0.1, -0.05) is 66.8 Å². The number of rotatable bonds is 14. The zero-order valence-corrected chi connectivity index (χ0v) is 17.4. The van der Waals surface area contributed by atoms with Crippen LogP contribution in [0.3, 0.4) is 0 Å². The Morgan fingerprint density at radius 2 is 1.08 bits per heavy atom. The Bertz CT molecular complexity index is 479. The highest BCUT2D eigenvalue weighted by Crippen LogP contribution is 2.20. The van der Waals surface area contributed by atoms with Crippen LogP contribution in [0.25, 0.3) is 0 Å². The predicted octanol–water partition coefficient (Wildman–Crippen LogP) is 7.07. The van der Waals surface area contributed by atoms with E-state index in [1.807, 2.05) is 0 Å². The van der Waals surface area contributed by atoms with Gasteiger partial charge in [-0.2, -0.15) is 0 Å². The summed E-state index contributed by atoms with van der Waals surface area (Å²) in [5.74, 6) is 0. The largest absolute Gasteiger partial charge is 0.320 e. The lowest BCUT2D eigenvalue weighted by Crippen LogP contribution is -2.49. The van der Waals surface area contributed by atoms with Gasteiger partial charge in [-0.25, -0.2) is 0 Å². The second-order valence-corrected chi connectivity index (χ2v) is 7.29. The van der Waals surface area contributed by atoms with Crippen molar-refractivity contribution in [2.24, 2.45) is 0 Å². The van der Waals surface area contributed by atoms with Crippen LogP contribution in [0, 0.1) is 0 Å². The molecular formula is C25H40N+. The summed E-state index contributed by atoms with van der Waals surface area (Å²) in [5, 5.41) is 0. The fourth-order valence-corrected chi connectivity index (χ4v) is 3.68. The fraction of sp³-hybridized carbons (Fsp3) is 0.520. The van der Waals surface area contributed by atoms with E-state index < -0.39 is 0 Å².